The van der Waals surface area contributed by atoms with E-state index in [4.69, 9.17) is 14.2 Å². The van der Waals surface area contributed by atoms with Crippen molar-refractivity contribution in [1.82, 2.24) is 0 Å². The van der Waals surface area contributed by atoms with E-state index in [9.17, 15) is 0 Å². The molecule has 4 heteroatoms. The highest BCUT2D eigenvalue weighted by atomic mass is 32.2. The van der Waals surface area contributed by atoms with Crippen molar-refractivity contribution in [1.29, 1.82) is 0 Å². The minimum absolute atomic E-state index is 0.778. The van der Waals surface area contributed by atoms with Gasteiger partial charge in [0.2, 0.25) is 0 Å². The molecule has 30 heavy (non-hydrogen) atoms. The topological polar surface area (TPSA) is 27.7 Å². The van der Waals surface area contributed by atoms with E-state index in [-0.39, 0.29) is 0 Å². The lowest BCUT2D eigenvalue weighted by Crippen LogP contribution is -1.86. The largest absolute Gasteiger partial charge is 0.497 e. The Kier molecular flexibility index (Phi) is 6.26. The van der Waals surface area contributed by atoms with Crippen LogP contribution >= 0.6 is 11.8 Å². The first-order valence-electron chi connectivity index (χ1n) is 9.62. The summed E-state index contributed by atoms with van der Waals surface area (Å²) in [6, 6.07) is 31.8. The van der Waals surface area contributed by atoms with Crippen LogP contribution < -0.4 is 14.2 Å². The maximum absolute atomic E-state index is 5.89. The first-order chi connectivity index (χ1) is 14.7. The second kappa shape index (κ2) is 9.42. The van der Waals surface area contributed by atoms with E-state index in [1.54, 1.807) is 18.9 Å². The van der Waals surface area contributed by atoms with Crippen LogP contribution in [0.5, 0.6) is 28.7 Å². The van der Waals surface area contributed by atoms with Gasteiger partial charge in [0.1, 0.15) is 28.7 Å². The van der Waals surface area contributed by atoms with Gasteiger partial charge in [-0.1, -0.05) is 29.5 Å². The van der Waals surface area contributed by atoms with Crippen molar-refractivity contribution in [2.75, 3.05) is 7.11 Å². The van der Waals surface area contributed by atoms with Crippen LogP contribution in [0.25, 0.3) is 0 Å². The zero-order chi connectivity index (χ0) is 20.8. The fourth-order valence-electron chi connectivity index (χ4n) is 2.81. The number of benzene rings is 4. The molecule has 0 atom stereocenters. The molecule has 0 N–H and O–H groups in total. The van der Waals surface area contributed by atoms with Crippen molar-refractivity contribution >= 4 is 11.8 Å². The van der Waals surface area contributed by atoms with Crippen molar-refractivity contribution < 1.29 is 14.2 Å². The molecule has 0 spiro atoms. The van der Waals surface area contributed by atoms with Gasteiger partial charge in [-0.25, -0.2) is 0 Å². The fraction of sp³-hybridized carbons (Fsp3) is 0.0769. The molecule has 0 saturated carbocycles. The Hall–Kier alpha value is -3.37. The van der Waals surface area contributed by atoms with Crippen LogP contribution in [-0.4, -0.2) is 7.11 Å². The van der Waals surface area contributed by atoms with Gasteiger partial charge < -0.3 is 14.2 Å². The first-order valence-corrected chi connectivity index (χ1v) is 10.4. The van der Waals surface area contributed by atoms with Crippen LogP contribution in [0.15, 0.2) is 107 Å². The van der Waals surface area contributed by atoms with Gasteiger partial charge >= 0.3 is 0 Å². The molecular weight excluding hydrogens is 392 g/mol. The summed E-state index contributed by atoms with van der Waals surface area (Å²) >= 11 is 1.70. The lowest BCUT2D eigenvalue weighted by Gasteiger charge is -2.09. The molecule has 0 aliphatic rings. The lowest BCUT2D eigenvalue weighted by atomic mass is 10.2. The molecule has 150 valence electrons. The SMILES string of the molecule is COc1ccc(Oc2ccc(Sc3ccc(Oc4ccc(C)cc4)cc3)cc2)cc1. The second-order valence-electron chi connectivity index (χ2n) is 6.74. The van der Waals surface area contributed by atoms with Gasteiger partial charge in [-0.3, -0.25) is 0 Å². The Labute approximate surface area is 181 Å². The summed E-state index contributed by atoms with van der Waals surface area (Å²) in [5, 5.41) is 0. The maximum atomic E-state index is 5.89. The van der Waals surface area contributed by atoms with Crippen molar-refractivity contribution in [3.63, 3.8) is 0 Å². The molecule has 4 aromatic carbocycles. The third kappa shape index (κ3) is 5.37. The Balaban J connectivity index is 1.35. The molecule has 0 heterocycles. The van der Waals surface area contributed by atoms with E-state index in [1.807, 2.05) is 72.8 Å². The van der Waals surface area contributed by atoms with Gasteiger partial charge in [0.15, 0.2) is 0 Å². The number of aryl methyl sites for hydroxylation is 1. The zero-order valence-electron chi connectivity index (χ0n) is 16.9. The molecule has 0 aliphatic heterocycles. The van der Waals surface area contributed by atoms with Crippen LogP contribution in [0.1, 0.15) is 5.56 Å². The van der Waals surface area contributed by atoms with Gasteiger partial charge in [0.25, 0.3) is 0 Å². The summed E-state index contributed by atoms with van der Waals surface area (Å²) in [5.41, 5.74) is 1.22. The Morgan fingerprint density at radius 2 is 0.800 bits per heavy atom. The molecule has 0 aliphatic carbocycles. The van der Waals surface area contributed by atoms with E-state index in [0.717, 1.165) is 38.5 Å². The lowest BCUT2D eigenvalue weighted by molar-refractivity contribution is 0.413. The third-order valence-corrected chi connectivity index (χ3v) is 5.45. The standard InChI is InChI=1S/C26H22O3S/c1-19-3-5-21(6-4-19)28-23-11-15-25(16-12-23)30-26-17-13-24(14-18-26)29-22-9-7-20(27-2)8-10-22/h3-18H,1-2H3. The number of ether oxygens (including phenoxy) is 3. The number of hydrogen-bond donors (Lipinski definition) is 0. The first kappa shape index (κ1) is 19.9. The van der Waals surface area contributed by atoms with Crippen LogP contribution in [-0.2, 0) is 0 Å². The van der Waals surface area contributed by atoms with Gasteiger partial charge in [0, 0.05) is 9.79 Å². The van der Waals surface area contributed by atoms with Crippen LogP contribution in [0, 0.1) is 6.92 Å². The Morgan fingerprint density at radius 3 is 1.20 bits per heavy atom. The van der Waals surface area contributed by atoms with E-state index in [2.05, 4.69) is 31.2 Å². The predicted molar refractivity (Wildman–Crippen MR) is 121 cm³/mol. The summed E-state index contributed by atoms with van der Waals surface area (Å²) in [6.45, 7) is 2.06. The Morgan fingerprint density at radius 1 is 0.467 bits per heavy atom. The maximum Gasteiger partial charge on any atom is 0.127 e. The smallest absolute Gasteiger partial charge is 0.127 e. The molecule has 0 unspecified atom stereocenters. The molecule has 0 saturated heterocycles. The van der Waals surface area contributed by atoms with Crippen molar-refractivity contribution in [2.45, 2.75) is 16.7 Å². The average Bonchev–Trinajstić information content (AvgIpc) is 2.78. The highest BCUT2D eigenvalue weighted by molar-refractivity contribution is 7.99. The van der Waals surface area contributed by atoms with Gasteiger partial charge in [-0.05, 0) is 91.9 Å². The summed E-state index contributed by atoms with van der Waals surface area (Å²) in [7, 11) is 1.65. The second-order valence-corrected chi connectivity index (χ2v) is 7.88. The fourth-order valence-corrected chi connectivity index (χ4v) is 3.63. The third-order valence-electron chi connectivity index (χ3n) is 4.43. The monoisotopic (exact) mass is 414 g/mol. The summed E-state index contributed by atoms with van der Waals surface area (Å²) < 4.78 is 16.9. The van der Waals surface area contributed by atoms with Crippen LogP contribution in [0.3, 0.4) is 0 Å². The molecule has 0 radical (unpaired) electrons. The molecular formula is C26H22O3S. The van der Waals surface area contributed by atoms with Crippen LogP contribution in [0.2, 0.25) is 0 Å². The van der Waals surface area contributed by atoms with E-state index in [1.165, 1.54) is 5.56 Å². The number of methoxy groups -OCH3 is 1. The molecule has 4 aromatic rings. The Bertz CT molecular complexity index is 1070. The van der Waals surface area contributed by atoms with Gasteiger partial charge in [-0.15, -0.1) is 0 Å². The highest BCUT2D eigenvalue weighted by Crippen LogP contribution is 2.32. The normalized spacial score (nSPS) is 10.5. The van der Waals surface area contributed by atoms with Crippen molar-refractivity contribution in [3.8, 4) is 28.7 Å². The molecule has 4 rings (SSSR count). The van der Waals surface area contributed by atoms with Crippen molar-refractivity contribution in [3.05, 3.63) is 103 Å². The zero-order valence-corrected chi connectivity index (χ0v) is 17.7. The molecule has 0 aromatic heterocycles. The van der Waals surface area contributed by atoms with E-state index < -0.39 is 0 Å². The highest BCUT2D eigenvalue weighted by Gasteiger charge is 2.03. The number of hydrogen-bond acceptors (Lipinski definition) is 4. The quantitative estimate of drug-likeness (QED) is 0.309. The number of rotatable bonds is 7. The average molecular weight is 415 g/mol. The summed E-state index contributed by atoms with van der Waals surface area (Å²) in [6.07, 6.45) is 0. The minimum Gasteiger partial charge on any atom is -0.497 e. The van der Waals surface area contributed by atoms with E-state index >= 15 is 0 Å². The molecule has 0 amide bonds. The van der Waals surface area contributed by atoms with Gasteiger partial charge in [0.05, 0.1) is 7.11 Å². The molecule has 3 nitrogen and oxygen atoms in total. The van der Waals surface area contributed by atoms with E-state index in [0.29, 0.717) is 0 Å². The molecule has 0 fully saturated rings. The summed E-state index contributed by atoms with van der Waals surface area (Å²) in [5.74, 6) is 4.05. The minimum atomic E-state index is 0.778. The predicted octanol–water partition coefficient (Wildman–Crippen LogP) is 7.74. The van der Waals surface area contributed by atoms with Crippen LogP contribution in [0.4, 0.5) is 0 Å². The summed E-state index contributed by atoms with van der Waals surface area (Å²) in [4.78, 5) is 2.29. The van der Waals surface area contributed by atoms with Crippen molar-refractivity contribution in [2.24, 2.45) is 0 Å². The van der Waals surface area contributed by atoms with Gasteiger partial charge in [-0.2, -0.15) is 0 Å². The molecule has 0 bridgehead atoms.